The fourth-order valence-electron chi connectivity index (χ4n) is 2.02. The van der Waals surface area contributed by atoms with E-state index in [0.717, 1.165) is 17.9 Å². The van der Waals surface area contributed by atoms with Gasteiger partial charge in [-0.15, -0.1) is 0 Å². The second-order valence-corrected chi connectivity index (χ2v) is 5.20. The van der Waals surface area contributed by atoms with Crippen LogP contribution in [0.5, 0.6) is 17.2 Å². The third-order valence-corrected chi connectivity index (χ3v) is 3.51. The molecule has 0 amide bonds. The molecular weight excluding hydrogens is 278 g/mol. The molecule has 0 unspecified atom stereocenters. The molecule has 2 aromatic carbocycles. The van der Waals surface area contributed by atoms with Crippen molar-refractivity contribution in [3.63, 3.8) is 0 Å². The molecule has 0 saturated heterocycles. The minimum atomic E-state index is 0.557. The number of rotatable bonds is 7. The number of benzene rings is 2. The molecule has 0 fully saturated rings. The average Bonchev–Trinajstić information content (AvgIpc) is 2.51. The molecule has 2 aromatic rings. The fourth-order valence-corrected chi connectivity index (χ4v) is 2.02. The number of ether oxygens (including phenoxy) is 3. The monoisotopic (exact) mass is 301 g/mol. The zero-order chi connectivity index (χ0) is 15.9. The van der Waals surface area contributed by atoms with Gasteiger partial charge in [-0.25, -0.2) is 0 Å². The number of aryl methyl sites for hydroxylation is 2. The van der Waals surface area contributed by atoms with Crippen molar-refractivity contribution in [3.8, 4) is 17.2 Å². The molecule has 0 aliphatic heterocycles. The lowest BCUT2D eigenvalue weighted by molar-refractivity contribution is 0.248. The van der Waals surface area contributed by atoms with Crippen molar-refractivity contribution in [2.45, 2.75) is 20.3 Å². The number of anilines is 1. The number of nitrogen functional groups attached to an aromatic ring is 1. The molecule has 0 aliphatic carbocycles. The van der Waals surface area contributed by atoms with Gasteiger partial charge in [-0.3, -0.25) is 0 Å². The van der Waals surface area contributed by atoms with Crippen LogP contribution in [0.25, 0.3) is 0 Å². The molecule has 2 N–H and O–H groups in total. The lowest BCUT2D eigenvalue weighted by atomic mass is 10.1. The van der Waals surface area contributed by atoms with Gasteiger partial charge in [0.25, 0.3) is 0 Å². The summed E-state index contributed by atoms with van der Waals surface area (Å²) in [6, 6.07) is 11.5. The molecule has 4 nitrogen and oxygen atoms in total. The van der Waals surface area contributed by atoms with Crippen LogP contribution in [0.1, 0.15) is 17.5 Å². The van der Waals surface area contributed by atoms with E-state index < -0.39 is 0 Å². The molecule has 22 heavy (non-hydrogen) atoms. The normalized spacial score (nSPS) is 10.3. The molecular formula is C18H23NO3. The Morgan fingerprint density at radius 2 is 1.59 bits per heavy atom. The molecule has 0 saturated carbocycles. The van der Waals surface area contributed by atoms with Crippen molar-refractivity contribution < 1.29 is 14.2 Å². The van der Waals surface area contributed by atoms with Crippen molar-refractivity contribution in [2.75, 3.05) is 26.1 Å². The van der Waals surface area contributed by atoms with Crippen LogP contribution >= 0.6 is 0 Å². The molecule has 2 rings (SSSR count). The van der Waals surface area contributed by atoms with Crippen LogP contribution in [-0.4, -0.2) is 20.3 Å². The van der Waals surface area contributed by atoms with Gasteiger partial charge in [0.2, 0.25) is 0 Å². The van der Waals surface area contributed by atoms with E-state index in [0.29, 0.717) is 24.7 Å². The van der Waals surface area contributed by atoms with E-state index in [1.165, 1.54) is 11.1 Å². The minimum absolute atomic E-state index is 0.557. The first-order valence-electron chi connectivity index (χ1n) is 7.36. The fraction of sp³-hybridized carbons (Fsp3) is 0.333. The molecule has 0 radical (unpaired) electrons. The maximum Gasteiger partial charge on any atom is 0.142 e. The molecule has 4 heteroatoms. The Hall–Kier alpha value is -2.36. The van der Waals surface area contributed by atoms with E-state index in [4.69, 9.17) is 19.9 Å². The zero-order valence-corrected chi connectivity index (χ0v) is 13.4. The molecule has 0 aliphatic rings. The van der Waals surface area contributed by atoms with Crippen molar-refractivity contribution in [1.29, 1.82) is 0 Å². The van der Waals surface area contributed by atoms with Crippen molar-refractivity contribution in [1.82, 2.24) is 0 Å². The summed E-state index contributed by atoms with van der Waals surface area (Å²) in [4.78, 5) is 0. The first-order valence-corrected chi connectivity index (χ1v) is 7.36. The lowest BCUT2D eigenvalue weighted by Crippen LogP contribution is -2.06. The minimum Gasteiger partial charge on any atom is -0.497 e. The number of nitrogens with two attached hydrogens (primary N) is 1. The zero-order valence-electron chi connectivity index (χ0n) is 13.4. The largest absolute Gasteiger partial charge is 0.497 e. The first kappa shape index (κ1) is 16.0. The Bertz CT molecular complexity index is 626. The van der Waals surface area contributed by atoms with Crippen molar-refractivity contribution in [3.05, 3.63) is 47.5 Å². The van der Waals surface area contributed by atoms with Crippen LogP contribution in [0.4, 0.5) is 5.69 Å². The standard InChI is InChI=1S/C18H23NO3/c1-13-5-6-16(11-14(13)2)21-9-4-10-22-18-8-7-15(20-3)12-17(18)19/h5-8,11-12H,4,9-10,19H2,1-3H3. The summed E-state index contributed by atoms with van der Waals surface area (Å²) in [6.07, 6.45) is 0.790. The Kier molecular flexibility index (Phi) is 5.53. The highest BCUT2D eigenvalue weighted by Gasteiger charge is 2.02. The highest BCUT2D eigenvalue weighted by molar-refractivity contribution is 5.56. The molecule has 0 bridgehead atoms. The molecule has 0 spiro atoms. The lowest BCUT2D eigenvalue weighted by Gasteiger charge is -2.11. The molecule has 0 heterocycles. The predicted octanol–water partition coefficient (Wildman–Crippen LogP) is 3.74. The summed E-state index contributed by atoms with van der Waals surface area (Å²) < 4.78 is 16.5. The quantitative estimate of drug-likeness (QED) is 0.625. The number of hydrogen-bond donors (Lipinski definition) is 1. The molecule has 0 atom stereocenters. The van der Waals surface area contributed by atoms with Gasteiger partial charge < -0.3 is 19.9 Å². The maximum atomic E-state index is 5.90. The van der Waals surface area contributed by atoms with Gasteiger partial charge in [0, 0.05) is 12.5 Å². The van der Waals surface area contributed by atoms with E-state index in [1.807, 2.05) is 18.2 Å². The Morgan fingerprint density at radius 3 is 2.27 bits per heavy atom. The number of hydrogen-bond acceptors (Lipinski definition) is 4. The van der Waals surface area contributed by atoms with E-state index in [-0.39, 0.29) is 0 Å². The third-order valence-electron chi connectivity index (χ3n) is 3.51. The van der Waals surface area contributed by atoms with Gasteiger partial charge >= 0.3 is 0 Å². The van der Waals surface area contributed by atoms with E-state index >= 15 is 0 Å². The average molecular weight is 301 g/mol. The van der Waals surface area contributed by atoms with Crippen LogP contribution in [0.15, 0.2) is 36.4 Å². The van der Waals surface area contributed by atoms with Crippen LogP contribution in [0, 0.1) is 13.8 Å². The summed E-state index contributed by atoms with van der Waals surface area (Å²) in [7, 11) is 1.61. The highest BCUT2D eigenvalue weighted by atomic mass is 16.5. The summed E-state index contributed by atoms with van der Waals surface area (Å²) in [5.41, 5.74) is 8.98. The first-order chi connectivity index (χ1) is 10.6. The number of methoxy groups -OCH3 is 1. The third kappa shape index (κ3) is 4.32. The van der Waals surface area contributed by atoms with E-state index in [1.54, 1.807) is 13.2 Å². The van der Waals surface area contributed by atoms with Gasteiger partial charge in [0.15, 0.2) is 0 Å². The molecule has 0 aromatic heterocycles. The van der Waals surface area contributed by atoms with Gasteiger partial charge in [0.1, 0.15) is 17.2 Å². The van der Waals surface area contributed by atoms with Gasteiger partial charge in [-0.2, -0.15) is 0 Å². The van der Waals surface area contributed by atoms with Crippen LogP contribution < -0.4 is 19.9 Å². The van der Waals surface area contributed by atoms with Crippen LogP contribution in [-0.2, 0) is 0 Å². The Morgan fingerprint density at radius 1 is 0.864 bits per heavy atom. The predicted molar refractivity (Wildman–Crippen MR) is 88.9 cm³/mol. The summed E-state index contributed by atoms with van der Waals surface area (Å²) in [5, 5.41) is 0. The van der Waals surface area contributed by atoms with Gasteiger partial charge in [0.05, 0.1) is 26.0 Å². The summed E-state index contributed by atoms with van der Waals surface area (Å²) in [5.74, 6) is 2.29. The van der Waals surface area contributed by atoms with Gasteiger partial charge in [-0.05, 0) is 49.2 Å². The van der Waals surface area contributed by atoms with E-state index in [9.17, 15) is 0 Å². The second-order valence-electron chi connectivity index (χ2n) is 5.20. The smallest absolute Gasteiger partial charge is 0.142 e. The van der Waals surface area contributed by atoms with Crippen molar-refractivity contribution >= 4 is 5.69 Å². The summed E-state index contributed by atoms with van der Waals surface area (Å²) in [6.45, 7) is 5.34. The maximum absolute atomic E-state index is 5.90. The van der Waals surface area contributed by atoms with Crippen LogP contribution in [0.2, 0.25) is 0 Å². The van der Waals surface area contributed by atoms with Gasteiger partial charge in [-0.1, -0.05) is 6.07 Å². The summed E-state index contributed by atoms with van der Waals surface area (Å²) >= 11 is 0. The Labute approximate surface area is 131 Å². The van der Waals surface area contributed by atoms with Crippen LogP contribution in [0.3, 0.4) is 0 Å². The topological polar surface area (TPSA) is 53.7 Å². The second kappa shape index (κ2) is 7.59. The van der Waals surface area contributed by atoms with Crippen molar-refractivity contribution in [2.24, 2.45) is 0 Å². The Balaban J connectivity index is 1.74. The highest BCUT2D eigenvalue weighted by Crippen LogP contribution is 2.26. The SMILES string of the molecule is COc1ccc(OCCCOc2ccc(C)c(C)c2)c(N)c1. The van der Waals surface area contributed by atoms with E-state index in [2.05, 4.69) is 26.0 Å². The molecule has 118 valence electrons.